The SMILES string of the molecule is CC(CC(=O)CO)C(=O)O.[Y]. The third-order valence-electron chi connectivity index (χ3n) is 1.13. The summed E-state index contributed by atoms with van der Waals surface area (Å²) in [5.74, 6) is -2.14. The van der Waals surface area contributed by atoms with Crippen LogP contribution >= 0.6 is 0 Å². The number of carboxylic acid groups (broad SMARTS) is 1. The molecular weight excluding hydrogens is 225 g/mol. The number of aliphatic hydroxyl groups is 1. The average Bonchev–Trinajstić information content (AvgIpc) is 1.87. The van der Waals surface area contributed by atoms with Gasteiger partial charge in [0, 0.05) is 39.1 Å². The van der Waals surface area contributed by atoms with Crippen LogP contribution in [0.25, 0.3) is 0 Å². The molecule has 0 rings (SSSR count). The van der Waals surface area contributed by atoms with E-state index in [1.807, 2.05) is 0 Å². The first-order chi connectivity index (χ1) is 4.57. The van der Waals surface area contributed by atoms with E-state index >= 15 is 0 Å². The van der Waals surface area contributed by atoms with Crippen molar-refractivity contribution in [2.24, 2.45) is 5.92 Å². The van der Waals surface area contributed by atoms with Crippen molar-refractivity contribution in [3.63, 3.8) is 0 Å². The molecule has 0 saturated heterocycles. The molecule has 0 aromatic heterocycles. The van der Waals surface area contributed by atoms with Gasteiger partial charge in [0.15, 0.2) is 5.78 Å². The molecule has 0 fully saturated rings. The molecule has 1 radical (unpaired) electrons. The number of Topliss-reactive ketones (excluding diaryl/α,β-unsaturated/α-hetero) is 1. The first kappa shape index (κ1) is 13.8. The zero-order chi connectivity index (χ0) is 8.15. The summed E-state index contributed by atoms with van der Waals surface area (Å²) in [6, 6.07) is 0. The van der Waals surface area contributed by atoms with E-state index in [-0.39, 0.29) is 39.1 Å². The number of hydrogen-bond donors (Lipinski definition) is 2. The van der Waals surface area contributed by atoms with Gasteiger partial charge in [-0.05, 0) is 0 Å². The molecule has 4 nitrogen and oxygen atoms in total. The molecular formula is C6H10O4Y. The Morgan fingerprint density at radius 2 is 1.91 bits per heavy atom. The first-order valence-electron chi connectivity index (χ1n) is 2.93. The van der Waals surface area contributed by atoms with E-state index < -0.39 is 24.3 Å². The molecule has 0 saturated carbocycles. The molecule has 0 amide bonds. The van der Waals surface area contributed by atoms with Gasteiger partial charge in [0.05, 0.1) is 5.92 Å². The molecule has 1 atom stereocenters. The summed E-state index contributed by atoms with van der Waals surface area (Å²) in [4.78, 5) is 20.5. The summed E-state index contributed by atoms with van der Waals surface area (Å²) in [6.45, 7) is 0.855. The smallest absolute Gasteiger partial charge is 0.306 e. The predicted molar refractivity (Wildman–Crippen MR) is 33.5 cm³/mol. The zero-order valence-electron chi connectivity index (χ0n) is 6.28. The van der Waals surface area contributed by atoms with Gasteiger partial charge in [-0.2, -0.15) is 0 Å². The van der Waals surface area contributed by atoms with Crippen LogP contribution < -0.4 is 0 Å². The first-order valence-corrected chi connectivity index (χ1v) is 2.93. The van der Waals surface area contributed by atoms with E-state index in [1.54, 1.807) is 0 Å². The van der Waals surface area contributed by atoms with Crippen LogP contribution in [0.4, 0.5) is 0 Å². The molecule has 0 aliphatic heterocycles. The molecule has 0 bridgehead atoms. The van der Waals surface area contributed by atoms with Crippen LogP contribution in [0.2, 0.25) is 0 Å². The van der Waals surface area contributed by atoms with E-state index in [1.165, 1.54) is 6.92 Å². The average molecular weight is 235 g/mol. The third-order valence-corrected chi connectivity index (χ3v) is 1.13. The van der Waals surface area contributed by atoms with Crippen LogP contribution in [-0.4, -0.2) is 28.6 Å². The quantitative estimate of drug-likeness (QED) is 0.698. The van der Waals surface area contributed by atoms with Crippen molar-refractivity contribution in [2.45, 2.75) is 13.3 Å². The minimum Gasteiger partial charge on any atom is -0.481 e. The Kier molecular flexibility index (Phi) is 8.62. The van der Waals surface area contributed by atoms with Crippen molar-refractivity contribution in [3.05, 3.63) is 0 Å². The van der Waals surface area contributed by atoms with E-state index in [2.05, 4.69) is 0 Å². The van der Waals surface area contributed by atoms with Gasteiger partial charge >= 0.3 is 5.97 Å². The Morgan fingerprint density at radius 3 is 2.18 bits per heavy atom. The van der Waals surface area contributed by atoms with Crippen LogP contribution in [0.5, 0.6) is 0 Å². The van der Waals surface area contributed by atoms with Crippen molar-refractivity contribution < 1.29 is 52.5 Å². The van der Waals surface area contributed by atoms with Crippen molar-refractivity contribution in [1.82, 2.24) is 0 Å². The van der Waals surface area contributed by atoms with Gasteiger partial charge < -0.3 is 10.2 Å². The Labute approximate surface area is 89.9 Å². The van der Waals surface area contributed by atoms with Crippen molar-refractivity contribution in [2.75, 3.05) is 6.61 Å². The molecule has 0 aliphatic rings. The van der Waals surface area contributed by atoms with Gasteiger partial charge in [0.1, 0.15) is 6.61 Å². The summed E-state index contributed by atoms with van der Waals surface area (Å²) in [5.41, 5.74) is 0. The van der Waals surface area contributed by atoms with Gasteiger partial charge in [-0.15, -0.1) is 0 Å². The topological polar surface area (TPSA) is 74.6 Å². The number of aliphatic hydroxyl groups excluding tert-OH is 1. The number of ketones is 1. The molecule has 0 heterocycles. The summed E-state index contributed by atoms with van der Waals surface area (Å²) in [7, 11) is 0. The summed E-state index contributed by atoms with van der Waals surface area (Å²) in [6.07, 6.45) is -0.0914. The molecule has 61 valence electrons. The fraction of sp³-hybridized carbons (Fsp3) is 0.667. The number of carbonyl (C=O) groups excluding carboxylic acids is 1. The second kappa shape index (κ2) is 6.89. The molecule has 0 aromatic rings. The van der Waals surface area contributed by atoms with E-state index in [0.29, 0.717) is 0 Å². The van der Waals surface area contributed by atoms with Crippen molar-refractivity contribution >= 4 is 11.8 Å². The monoisotopic (exact) mass is 235 g/mol. The van der Waals surface area contributed by atoms with Crippen LogP contribution in [0.15, 0.2) is 0 Å². The molecule has 0 aromatic carbocycles. The van der Waals surface area contributed by atoms with E-state index in [4.69, 9.17) is 10.2 Å². The molecule has 5 heteroatoms. The van der Waals surface area contributed by atoms with Crippen LogP contribution in [-0.2, 0) is 42.3 Å². The second-order valence-electron chi connectivity index (χ2n) is 2.14. The summed E-state index contributed by atoms with van der Waals surface area (Å²) < 4.78 is 0. The van der Waals surface area contributed by atoms with Gasteiger partial charge in [0.2, 0.25) is 0 Å². The van der Waals surface area contributed by atoms with E-state index in [0.717, 1.165) is 0 Å². The molecule has 2 N–H and O–H groups in total. The fourth-order valence-electron chi connectivity index (χ4n) is 0.493. The third kappa shape index (κ3) is 6.60. The van der Waals surface area contributed by atoms with Gasteiger partial charge in [0.25, 0.3) is 0 Å². The van der Waals surface area contributed by atoms with Crippen molar-refractivity contribution in [1.29, 1.82) is 0 Å². The number of aliphatic carboxylic acids is 1. The standard InChI is InChI=1S/C6H10O4.Y/c1-4(6(9)10)2-5(8)3-7;/h4,7H,2-3H2,1H3,(H,9,10);. The molecule has 0 spiro atoms. The number of rotatable bonds is 4. The van der Waals surface area contributed by atoms with Crippen LogP contribution in [0, 0.1) is 5.92 Å². The molecule has 1 unspecified atom stereocenters. The second-order valence-corrected chi connectivity index (χ2v) is 2.14. The Balaban J connectivity index is 0. The number of carbonyl (C=O) groups is 2. The maximum atomic E-state index is 10.4. The zero-order valence-corrected chi connectivity index (χ0v) is 9.12. The summed E-state index contributed by atoms with van der Waals surface area (Å²) >= 11 is 0. The van der Waals surface area contributed by atoms with Crippen LogP contribution in [0.3, 0.4) is 0 Å². The van der Waals surface area contributed by atoms with Gasteiger partial charge in [-0.3, -0.25) is 9.59 Å². The largest absolute Gasteiger partial charge is 0.481 e. The number of hydrogen-bond acceptors (Lipinski definition) is 3. The number of carboxylic acids is 1. The van der Waals surface area contributed by atoms with Gasteiger partial charge in [-0.25, -0.2) is 0 Å². The maximum Gasteiger partial charge on any atom is 0.306 e. The predicted octanol–water partition coefficient (Wildman–Crippen LogP) is -0.344. The summed E-state index contributed by atoms with van der Waals surface area (Å²) in [5, 5.41) is 16.5. The van der Waals surface area contributed by atoms with E-state index in [9.17, 15) is 9.59 Å². The minimum atomic E-state index is -1.01. The van der Waals surface area contributed by atoms with Crippen molar-refractivity contribution in [3.8, 4) is 0 Å². The van der Waals surface area contributed by atoms with Crippen LogP contribution in [0.1, 0.15) is 13.3 Å². The molecule has 0 aliphatic carbocycles. The maximum absolute atomic E-state index is 10.4. The Hall–Kier alpha value is 0.204. The Bertz CT molecular complexity index is 146. The molecule has 11 heavy (non-hydrogen) atoms. The Morgan fingerprint density at radius 1 is 1.45 bits per heavy atom. The fourth-order valence-corrected chi connectivity index (χ4v) is 0.493. The normalized spacial score (nSPS) is 11.5. The minimum absolute atomic E-state index is 0. The van der Waals surface area contributed by atoms with Gasteiger partial charge in [-0.1, -0.05) is 6.92 Å².